The van der Waals surface area contributed by atoms with Crippen LogP contribution in [0.25, 0.3) is 16.8 Å². The topological polar surface area (TPSA) is 90.2 Å². The van der Waals surface area contributed by atoms with Crippen LogP contribution in [-0.4, -0.2) is 62.9 Å². The number of ether oxygens (including phenoxy) is 1. The number of benzene rings is 2. The molecule has 0 spiro atoms. The Morgan fingerprint density at radius 1 is 1.16 bits per heavy atom. The molecule has 0 saturated carbocycles. The predicted molar refractivity (Wildman–Crippen MR) is 122 cm³/mol. The second-order valence-electron chi connectivity index (χ2n) is 7.59. The van der Waals surface area contributed by atoms with Crippen molar-refractivity contribution in [3.05, 3.63) is 54.4 Å². The second-order valence-corrected chi connectivity index (χ2v) is 8.47. The fourth-order valence-electron chi connectivity index (χ4n) is 3.89. The number of aromatic nitrogens is 4. The Kier molecular flexibility index (Phi) is 6.84. The van der Waals surface area contributed by atoms with Gasteiger partial charge in [0.1, 0.15) is 6.33 Å². The van der Waals surface area contributed by atoms with E-state index >= 15 is 0 Å². The van der Waals surface area contributed by atoms with Gasteiger partial charge in [0.25, 0.3) is 5.91 Å². The first-order chi connectivity index (χ1) is 15.6. The van der Waals surface area contributed by atoms with Crippen molar-refractivity contribution in [2.24, 2.45) is 5.92 Å². The molecule has 1 fully saturated rings. The molecule has 166 valence electrons. The number of nitrogens with zero attached hydrogens (tertiary/aromatic N) is 5. The third-order valence-corrected chi connectivity index (χ3v) is 6.27. The summed E-state index contributed by atoms with van der Waals surface area (Å²) in [6, 6.07) is 13.8. The van der Waals surface area contributed by atoms with Gasteiger partial charge in [0, 0.05) is 23.5 Å². The zero-order valence-corrected chi connectivity index (χ0v) is 18.9. The number of amides is 1. The molecule has 1 unspecified atom stereocenters. The number of likely N-dealkylation sites (tertiary alicyclic amines) is 1. The molecule has 2 aromatic carbocycles. The summed E-state index contributed by atoms with van der Waals surface area (Å²) in [5, 5.41) is 11.4. The molecule has 8 nitrogen and oxygen atoms in total. The highest BCUT2D eigenvalue weighted by Crippen LogP contribution is 2.28. The third-order valence-electron chi connectivity index (χ3n) is 5.53. The molecule has 1 atom stereocenters. The van der Waals surface area contributed by atoms with Crippen molar-refractivity contribution < 1.29 is 14.3 Å². The molecule has 4 rings (SSSR count). The highest BCUT2D eigenvalue weighted by molar-refractivity contribution is 7.98. The Hall–Kier alpha value is -3.20. The van der Waals surface area contributed by atoms with Crippen molar-refractivity contribution in [1.29, 1.82) is 0 Å². The highest BCUT2D eigenvalue weighted by atomic mass is 32.2. The van der Waals surface area contributed by atoms with Crippen molar-refractivity contribution in [3.63, 3.8) is 0 Å². The lowest BCUT2D eigenvalue weighted by Gasteiger charge is -2.31. The van der Waals surface area contributed by atoms with Crippen molar-refractivity contribution >= 4 is 23.6 Å². The Balaban J connectivity index is 1.67. The van der Waals surface area contributed by atoms with Gasteiger partial charge >= 0.3 is 5.97 Å². The van der Waals surface area contributed by atoms with Crippen LogP contribution in [0.3, 0.4) is 0 Å². The van der Waals surface area contributed by atoms with Gasteiger partial charge in [0.2, 0.25) is 0 Å². The molecule has 9 heteroatoms. The van der Waals surface area contributed by atoms with E-state index in [0.717, 1.165) is 24.0 Å². The highest BCUT2D eigenvalue weighted by Gasteiger charge is 2.30. The minimum Gasteiger partial charge on any atom is -0.466 e. The number of hydrogen-bond acceptors (Lipinski definition) is 7. The predicted octanol–water partition coefficient (Wildman–Crippen LogP) is 3.47. The van der Waals surface area contributed by atoms with Crippen LogP contribution in [0.2, 0.25) is 0 Å². The van der Waals surface area contributed by atoms with Crippen molar-refractivity contribution in [1.82, 2.24) is 25.1 Å². The Morgan fingerprint density at radius 3 is 2.66 bits per heavy atom. The minimum atomic E-state index is -0.283. The number of thioether (sulfide) groups is 1. The quantitative estimate of drug-likeness (QED) is 0.419. The summed E-state index contributed by atoms with van der Waals surface area (Å²) in [4.78, 5) is 28.6. The number of hydrogen-bond donors (Lipinski definition) is 0. The molecule has 1 amide bonds. The number of carbonyl (C=O) groups excluding carboxylic acids is 2. The summed E-state index contributed by atoms with van der Waals surface area (Å²) in [6.45, 7) is 3.11. The molecule has 2 heterocycles. The molecule has 0 radical (unpaired) electrons. The van der Waals surface area contributed by atoms with Crippen LogP contribution >= 0.6 is 11.8 Å². The molecule has 1 aliphatic heterocycles. The van der Waals surface area contributed by atoms with Crippen LogP contribution in [0.4, 0.5) is 0 Å². The average Bonchev–Trinajstić information content (AvgIpc) is 3.39. The number of rotatable bonds is 6. The Labute approximate surface area is 190 Å². The molecule has 0 bridgehead atoms. The van der Waals surface area contributed by atoms with Gasteiger partial charge in [-0.2, -0.15) is 0 Å². The van der Waals surface area contributed by atoms with E-state index in [0.29, 0.717) is 30.9 Å². The van der Waals surface area contributed by atoms with Gasteiger partial charge < -0.3 is 9.64 Å². The van der Waals surface area contributed by atoms with E-state index < -0.39 is 0 Å². The van der Waals surface area contributed by atoms with Crippen LogP contribution in [0.15, 0.2) is 53.7 Å². The standard InChI is InChI=1S/C23H25N5O3S/c1-3-31-23(30)17-5-4-10-27(14-17)22(29)19-11-18(16-6-8-21(32-2)9-7-16)12-20(13-19)28-15-24-25-26-28/h6-9,11-13,15,17H,3-5,10,14H2,1-2H3. The lowest BCUT2D eigenvalue weighted by molar-refractivity contribution is -0.149. The van der Waals surface area contributed by atoms with Crippen molar-refractivity contribution in [3.8, 4) is 16.8 Å². The van der Waals surface area contributed by atoms with Gasteiger partial charge in [-0.15, -0.1) is 16.9 Å². The van der Waals surface area contributed by atoms with Crippen LogP contribution in [0.1, 0.15) is 30.1 Å². The second kappa shape index (κ2) is 9.95. The van der Waals surface area contributed by atoms with Crippen molar-refractivity contribution in [2.45, 2.75) is 24.7 Å². The molecular weight excluding hydrogens is 426 g/mol. The zero-order chi connectivity index (χ0) is 22.5. The lowest BCUT2D eigenvalue weighted by atomic mass is 9.96. The maximum atomic E-state index is 13.4. The minimum absolute atomic E-state index is 0.115. The first kappa shape index (κ1) is 22.0. The molecule has 1 saturated heterocycles. The van der Waals surface area contributed by atoms with Crippen LogP contribution < -0.4 is 0 Å². The third kappa shape index (κ3) is 4.83. The van der Waals surface area contributed by atoms with Gasteiger partial charge in [0.15, 0.2) is 0 Å². The maximum Gasteiger partial charge on any atom is 0.310 e. The number of esters is 1. The first-order valence-electron chi connectivity index (χ1n) is 10.6. The van der Waals surface area contributed by atoms with E-state index in [1.807, 2.05) is 30.5 Å². The fraction of sp³-hybridized carbons (Fsp3) is 0.348. The van der Waals surface area contributed by atoms with Crippen LogP contribution in [0, 0.1) is 5.92 Å². The summed E-state index contributed by atoms with van der Waals surface area (Å²) in [5.41, 5.74) is 3.12. The average molecular weight is 452 g/mol. The Bertz CT molecular complexity index is 1090. The summed E-state index contributed by atoms with van der Waals surface area (Å²) in [5.74, 6) is -0.633. The largest absolute Gasteiger partial charge is 0.466 e. The smallest absolute Gasteiger partial charge is 0.310 e. The molecule has 1 aliphatic rings. The molecule has 3 aromatic rings. The van der Waals surface area contributed by atoms with Crippen LogP contribution in [0.5, 0.6) is 0 Å². The van der Waals surface area contributed by atoms with E-state index in [-0.39, 0.29) is 17.8 Å². The van der Waals surface area contributed by atoms with E-state index in [2.05, 4.69) is 27.7 Å². The maximum absolute atomic E-state index is 13.4. The fourth-order valence-corrected chi connectivity index (χ4v) is 4.30. The summed E-state index contributed by atoms with van der Waals surface area (Å²) >= 11 is 1.68. The number of carbonyl (C=O) groups is 2. The Morgan fingerprint density at radius 2 is 1.97 bits per heavy atom. The summed E-state index contributed by atoms with van der Waals surface area (Å²) < 4.78 is 6.71. The molecule has 0 aliphatic carbocycles. The van der Waals surface area contributed by atoms with Gasteiger partial charge in [-0.25, -0.2) is 4.68 Å². The van der Waals surface area contributed by atoms with E-state index in [9.17, 15) is 9.59 Å². The first-order valence-corrected chi connectivity index (χ1v) is 11.8. The van der Waals surface area contributed by atoms with Gasteiger partial charge in [-0.05, 0) is 77.9 Å². The van der Waals surface area contributed by atoms with E-state index in [4.69, 9.17) is 4.74 Å². The molecule has 0 N–H and O–H groups in total. The van der Waals surface area contributed by atoms with E-state index in [1.165, 1.54) is 15.9 Å². The van der Waals surface area contributed by atoms with Gasteiger partial charge in [0.05, 0.1) is 18.2 Å². The molecule has 1 aromatic heterocycles. The van der Waals surface area contributed by atoms with Gasteiger partial charge in [-0.3, -0.25) is 9.59 Å². The molecule has 32 heavy (non-hydrogen) atoms. The summed E-state index contributed by atoms with van der Waals surface area (Å²) in [6.07, 6.45) is 5.04. The monoisotopic (exact) mass is 451 g/mol. The SMILES string of the molecule is CCOC(=O)C1CCCN(C(=O)c2cc(-c3ccc(SC)cc3)cc(-n3cnnn3)c2)C1. The number of tetrazole rings is 1. The normalized spacial score (nSPS) is 16.1. The number of piperidine rings is 1. The van der Waals surface area contributed by atoms with Crippen LogP contribution in [-0.2, 0) is 9.53 Å². The van der Waals surface area contributed by atoms with Crippen molar-refractivity contribution in [2.75, 3.05) is 26.0 Å². The zero-order valence-electron chi connectivity index (χ0n) is 18.1. The molecular formula is C23H25N5O3S. The van der Waals surface area contributed by atoms with E-state index in [1.54, 1.807) is 29.7 Å². The lowest BCUT2D eigenvalue weighted by Crippen LogP contribution is -2.42. The summed E-state index contributed by atoms with van der Waals surface area (Å²) in [7, 11) is 0. The van der Waals surface area contributed by atoms with Gasteiger partial charge in [-0.1, -0.05) is 12.1 Å².